The van der Waals surface area contributed by atoms with E-state index < -0.39 is 6.04 Å². The van der Waals surface area contributed by atoms with Crippen LogP contribution < -0.4 is 15.5 Å². The minimum Gasteiger partial charge on any atom is -0.368 e. The molecule has 0 aliphatic carbocycles. The van der Waals surface area contributed by atoms with Crippen molar-refractivity contribution in [2.45, 2.75) is 19.5 Å². The van der Waals surface area contributed by atoms with E-state index >= 15 is 0 Å². The molecule has 0 spiro atoms. The fraction of sp³-hybridized carbons (Fsp3) is 0.350. The summed E-state index contributed by atoms with van der Waals surface area (Å²) < 4.78 is 0. The summed E-state index contributed by atoms with van der Waals surface area (Å²) in [7, 11) is 0. The number of anilines is 1. The van der Waals surface area contributed by atoms with Crippen molar-refractivity contribution in [2.75, 3.05) is 31.1 Å². The average molecular weight is 402 g/mol. The monoisotopic (exact) mass is 401 g/mol. The topological polar surface area (TPSA) is 77.6 Å². The van der Waals surface area contributed by atoms with E-state index in [0.29, 0.717) is 37.7 Å². The Labute approximate surface area is 169 Å². The van der Waals surface area contributed by atoms with Crippen LogP contribution in [0.1, 0.15) is 12.6 Å². The van der Waals surface area contributed by atoms with Crippen molar-refractivity contribution in [3.8, 4) is 0 Å². The van der Waals surface area contributed by atoms with Crippen molar-refractivity contribution in [1.82, 2.24) is 20.5 Å². The van der Waals surface area contributed by atoms with Gasteiger partial charge >= 0.3 is 6.03 Å². The predicted octanol–water partition coefficient (Wildman–Crippen LogP) is 2.27. The summed E-state index contributed by atoms with van der Waals surface area (Å²) in [4.78, 5) is 32.8. The maximum atomic E-state index is 12.5. The molecule has 0 unspecified atom stereocenters. The molecule has 2 heterocycles. The number of nitrogens with one attached hydrogen (secondary N) is 2. The van der Waals surface area contributed by atoms with Gasteiger partial charge in [0.15, 0.2) is 0 Å². The highest BCUT2D eigenvalue weighted by molar-refractivity contribution is 6.30. The first-order chi connectivity index (χ1) is 13.5. The molecule has 0 bridgehead atoms. The lowest BCUT2D eigenvalue weighted by Crippen LogP contribution is -2.55. The second-order valence-electron chi connectivity index (χ2n) is 6.66. The summed E-state index contributed by atoms with van der Waals surface area (Å²) in [6.07, 6.45) is 1.68. The van der Waals surface area contributed by atoms with Crippen molar-refractivity contribution >= 4 is 29.2 Å². The Bertz CT molecular complexity index is 809. The summed E-state index contributed by atoms with van der Waals surface area (Å²) in [5.41, 5.74) is 1.82. The number of nitrogens with zero attached hydrogens (tertiary/aromatic N) is 3. The van der Waals surface area contributed by atoms with Crippen LogP contribution >= 0.6 is 11.6 Å². The number of carbonyl (C=O) groups excluding carboxylic acids is 2. The summed E-state index contributed by atoms with van der Waals surface area (Å²) in [5.74, 6) is -0.239. The van der Waals surface area contributed by atoms with E-state index in [2.05, 4.69) is 20.5 Å². The van der Waals surface area contributed by atoms with E-state index in [1.165, 1.54) is 0 Å². The van der Waals surface area contributed by atoms with E-state index in [-0.39, 0.29) is 11.9 Å². The van der Waals surface area contributed by atoms with Crippen LogP contribution in [0.3, 0.4) is 0 Å². The van der Waals surface area contributed by atoms with Gasteiger partial charge in [0.1, 0.15) is 6.04 Å². The Hall–Kier alpha value is -2.80. The fourth-order valence-electron chi connectivity index (χ4n) is 3.02. The van der Waals surface area contributed by atoms with Gasteiger partial charge in [0.25, 0.3) is 0 Å². The number of hydrogen-bond acceptors (Lipinski definition) is 4. The van der Waals surface area contributed by atoms with Crippen molar-refractivity contribution in [2.24, 2.45) is 0 Å². The van der Waals surface area contributed by atoms with Crippen molar-refractivity contribution in [3.63, 3.8) is 0 Å². The zero-order valence-electron chi connectivity index (χ0n) is 15.8. The Morgan fingerprint density at radius 3 is 2.61 bits per heavy atom. The van der Waals surface area contributed by atoms with Crippen LogP contribution in [-0.2, 0) is 11.3 Å². The zero-order chi connectivity index (χ0) is 19.9. The predicted molar refractivity (Wildman–Crippen MR) is 109 cm³/mol. The molecule has 3 amide bonds. The molecule has 0 saturated carbocycles. The zero-order valence-corrected chi connectivity index (χ0v) is 16.5. The van der Waals surface area contributed by atoms with Gasteiger partial charge in [0, 0.05) is 43.1 Å². The molecule has 7 nitrogen and oxygen atoms in total. The van der Waals surface area contributed by atoms with Gasteiger partial charge in [-0.3, -0.25) is 9.78 Å². The number of hydrogen-bond donors (Lipinski definition) is 2. The number of amides is 3. The lowest BCUT2D eigenvalue weighted by molar-refractivity contribution is -0.122. The normalized spacial score (nSPS) is 15.1. The second kappa shape index (κ2) is 9.41. The number of urea groups is 1. The van der Waals surface area contributed by atoms with Gasteiger partial charge in [-0.05, 0) is 37.3 Å². The Balaban J connectivity index is 1.44. The van der Waals surface area contributed by atoms with Gasteiger partial charge in [0.05, 0.1) is 12.2 Å². The largest absolute Gasteiger partial charge is 0.368 e. The van der Waals surface area contributed by atoms with E-state index in [9.17, 15) is 9.59 Å². The molecule has 2 aromatic rings. The number of piperazine rings is 1. The van der Waals surface area contributed by atoms with Gasteiger partial charge in [-0.25, -0.2) is 4.79 Å². The lowest BCUT2D eigenvalue weighted by Gasteiger charge is -2.36. The van der Waals surface area contributed by atoms with Gasteiger partial charge < -0.3 is 20.4 Å². The van der Waals surface area contributed by atoms with Crippen molar-refractivity contribution in [1.29, 1.82) is 0 Å². The number of carbonyl (C=O) groups is 2. The van der Waals surface area contributed by atoms with E-state index in [0.717, 1.165) is 11.4 Å². The molecule has 148 valence electrons. The highest BCUT2D eigenvalue weighted by atomic mass is 35.5. The molecule has 3 rings (SSSR count). The number of halogens is 1. The fourth-order valence-corrected chi connectivity index (χ4v) is 3.20. The summed E-state index contributed by atoms with van der Waals surface area (Å²) in [5, 5.41) is 6.25. The molecule has 2 N–H and O–H groups in total. The van der Waals surface area contributed by atoms with Crippen LogP contribution in [0, 0.1) is 0 Å². The maximum Gasteiger partial charge on any atom is 0.318 e. The number of pyridine rings is 1. The van der Waals surface area contributed by atoms with Crippen LogP contribution in [0.25, 0.3) is 0 Å². The molecule has 1 atom stereocenters. The molecule has 1 aliphatic heterocycles. The van der Waals surface area contributed by atoms with Gasteiger partial charge in [-0.2, -0.15) is 0 Å². The van der Waals surface area contributed by atoms with Crippen LogP contribution in [0.2, 0.25) is 5.02 Å². The highest BCUT2D eigenvalue weighted by Gasteiger charge is 2.24. The SMILES string of the molecule is C[C@@H](NC(=O)N1CCN(c2cccc(Cl)c2)CC1)C(=O)NCc1ccccn1. The summed E-state index contributed by atoms with van der Waals surface area (Å²) in [6, 6.07) is 12.4. The van der Waals surface area contributed by atoms with E-state index in [1.807, 2.05) is 42.5 Å². The lowest BCUT2D eigenvalue weighted by atomic mass is 10.2. The van der Waals surface area contributed by atoms with Crippen molar-refractivity contribution in [3.05, 3.63) is 59.4 Å². The highest BCUT2D eigenvalue weighted by Crippen LogP contribution is 2.20. The Kier molecular flexibility index (Phi) is 6.71. The Morgan fingerprint density at radius 1 is 1.14 bits per heavy atom. The minimum atomic E-state index is -0.623. The molecule has 1 aromatic carbocycles. The second-order valence-corrected chi connectivity index (χ2v) is 7.10. The molecule has 0 radical (unpaired) electrons. The molecule has 1 saturated heterocycles. The third-order valence-corrected chi connectivity index (χ3v) is 4.88. The average Bonchev–Trinajstić information content (AvgIpc) is 2.72. The number of rotatable bonds is 5. The van der Waals surface area contributed by atoms with Gasteiger partial charge in [-0.1, -0.05) is 23.7 Å². The first kappa shape index (κ1) is 19.9. The number of aromatic nitrogens is 1. The standard InChI is InChI=1S/C20H24ClN5O2/c1-15(19(27)23-14-17-6-2-3-8-22-17)24-20(28)26-11-9-25(10-12-26)18-7-4-5-16(21)13-18/h2-8,13,15H,9-12,14H2,1H3,(H,23,27)(H,24,28)/t15-/m1/s1. The van der Waals surface area contributed by atoms with Crippen LogP contribution in [-0.4, -0.2) is 54.0 Å². The Morgan fingerprint density at radius 2 is 1.93 bits per heavy atom. The van der Waals surface area contributed by atoms with Crippen LogP contribution in [0.4, 0.5) is 10.5 Å². The van der Waals surface area contributed by atoms with Crippen LogP contribution in [0.15, 0.2) is 48.7 Å². The quantitative estimate of drug-likeness (QED) is 0.805. The first-order valence-electron chi connectivity index (χ1n) is 9.26. The third-order valence-electron chi connectivity index (χ3n) is 4.64. The number of benzene rings is 1. The van der Waals surface area contributed by atoms with E-state index in [4.69, 9.17) is 11.6 Å². The molecular weight excluding hydrogens is 378 g/mol. The minimum absolute atomic E-state index is 0.230. The molecule has 1 aromatic heterocycles. The smallest absolute Gasteiger partial charge is 0.318 e. The summed E-state index contributed by atoms with van der Waals surface area (Å²) >= 11 is 6.05. The molecule has 8 heteroatoms. The van der Waals surface area contributed by atoms with Crippen molar-refractivity contribution < 1.29 is 9.59 Å². The first-order valence-corrected chi connectivity index (χ1v) is 9.64. The van der Waals surface area contributed by atoms with E-state index in [1.54, 1.807) is 18.0 Å². The van der Waals surface area contributed by atoms with Gasteiger partial charge in [0.2, 0.25) is 5.91 Å². The molecule has 1 fully saturated rings. The molecular formula is C20H24ClN5O2. The molecule has 1 aliphatic rings. The molecule has 28 heavy (non-hydrogen) atoms. The van der Waals surface area contributed by atoms with Gasteiger partial charge in [-0.15, -0.1) is 0 Å². The third kappa shape index (κ3) is 5.36. The summed E-state index contributed by atoms with van der Waals surface area (Å²) in [6.45, 7) is 4.61. The van der Waals surface area contributed by atoms with Crippen LogP contribution in [0.5, 0.6) is 0 Å². The maximum absolute atomic E-state index is 12.5.